The minimum Gasteiger partial charge on any atom is -0.396 e. The van der Waals surface area contributed by atoms with Crippen molar-refractivity contribution >= 4 is 0 Å². The third-order valence-electron chi connectivity index (χ3n) is 1.37. The molecule has 0 unspecified atom stereocenters. The van der Waals surface area contributed by atoms with Gasteiger partial charge in [-0.3, -0.25) is 0 Å². The van der Waals surface area contributed by atoms with Crippen molar-refractivity contribution in [2.24, 2.45) is 5.41 Å². The number of hydrogen-bond donors (Lipinski definition) is 1. The van der Waals surface area contributed by atoms with E-state index >= 15 is 0 Å². The van der Waals surface area contributed by atoms with Crippen LogP contribution in [0.25, 0.3) is 0 Å². The second kappa shape index (κ2) is 3.53. The number of aliphatic hydroxyl groups excluding tert-OH is 1. The molecular formula is C8H14O. The predicted molar refractivity (Wildman–Crippen MR) is 38.9 cm³/mol. The summed E-state index contributed by atoms with van der Waals surface area (Å²) in [4.78, 5) is 0. The Hall–Kier alpha value is -0.480. The minimum absolute atomic E-state index is 0.00632. The van der Waals surface area contributed by atoms with Crippen molar-refractivity contribution in [3.63, 3.8) is 0 Å². The Balaban J connectivity index is 3.48. The van der Waals surface area contributed by atoms with Crippen molar-refractivity contribution in [3.05, 3.63) is 0 Å². The first-order valence-electron chi connectivity index (χ1n) is 3.17. The number of hydrogen-bond acceptors (Lipinski definition) is 1. The maximum atomic E-state index is 8.75. The lowest BCUT2D eigenvalue weighted by Crippen LogP contribution is -2.15. The third kappa shape index (κ3) is 4.05. The largest absolute Gasteiger partial charge is 0.396 e. The van der Waals surface area contributed by atoms with E-state index in [1.54, 1.807) is 0 Å². The van der Waals surface area contributed by atoms with Gasteiger partial charge in [0.1, 0.15) is 0 Å². The third-order valence-corrected chi connectivity index (χ3v) is 1.37. The van der Waals surface area contributed by atoms with E-state index in [1.807, 2.05) is 13.8 Å². The van der Waals surface area contributed by atoms with Crippen LogP contribution in [-0.4, -0.2) is 11.7 Å². The van der Waals surface area contributed by atoms with Crippen LogP contribution in [-0.2, 0) is 0 Å². The molecule has 52 valence electrons. The second-order valence-electron chi connectivity index (χ2n) is 3.03. The van der Waals surface area contributed by atoms with Crippen LogP contribution in [0, 0.1) is 17.8 Å². The van der Waals surface area contributed by atoms with E-state index in [0.29, 0.717) is 0 Å². The van der Waals surface area contributed by atoms with Crippen LogP contribution in [0.1, 0.15) is 26.7 Å². The highest BCUT2D eigenvalue weighted by molar-refractivity contribution is 4.85. The van der Waals surface area contributed by atoms with Crippen LogP contribution < -0.4 is 0 Å². The fourth-order valence-electron chi connectivity index (χ4n) is 0.490. The predicted octanol–water partition coefficient (Wildman–Crippen LogP) is 1.42. The lowest BCUT2D eigenvalue weighted by atomic mass is 9.89. The topological polar surface area (TPSA) is 20.2 Å². The molecular weight excluding hydrogens is 112 g/mol. The van der Waals surface area contributed by atoms with Gasteiger partial charge < -0.3 is 5.11 Å². The van der Waals surface area contributed by atoms with Crippen LogP contribution in [0.5, 0.6) is 0 Å². The Morgan fingerprint density at radius 2 is 2.11 bits per heavy atom. The van der Waals surface area contributed by atoms with E-state index in [-0.39, 0.29) is 12.0 Å². The molecule has 0 rings (SSSR count). The molecule has 0 heterocycles. The molecule has 9 heavy (non-hydrogen) atoms. The van der Waals surface area contributed by atoms with Gasteiger partial charge in [-0.1, -0.05) is 13.8 Å². The first kappa shape index (κ1) is 8.52. The van der Waals surface area contributed by atoms with Gasteiger partial charge in [0, 0.05) is 13.0 Å². The summed E-state index contributed by atoms with van der Waals surface area (Å²) in [6.07, 6.45) is 6.72. The molecule has 0 aromatic rings. The Labute approximate surface area is 57.1 Å². The van der Waals surface area contributed by atoms with E-state index in [2.05, 4.69) is 5.92 Å². The Morgan fingerprint density at radius 3 is 2.44 bits per heavy atom. The summed E-state index contributed by atoms with van der Waals surface area (Å²) in [5.74, 6) is 2.55. The summed E-state index contributed by atoms with van der Waals surface area (Å²) in [6.45, 7) is 4.23. The van der Waals surface area contributed by atoms with Crippen LogP contribution >= 0.6 is 0 Å². The molecule has 0 radical (unpaired) electrons. The molecule has 0 spiro atoms. The average Bonchev–Trinajstić information content (AvgIpc) is 1.84. The second-order valence-corrected chi connectivity index (χ2v) is 3.03. The molecule has 0 atom stereocenters. The normalized spacial score (nSPS) is 10.9. The summed E-state index contributed by atoms with van der Waals surface area (Å²) in [7, 11) is 0. The average molecular weight is 126 g/mol. The quantitative estimate of drug-likeness (QED) is 0.567. The van der Waals surface area contributed by atoms with Crippen molar-refractivity contribution in [2.75, 3.05) is 6.61 Å². The monoisotopic (exact) mass is 126 g/mol. The van der Waals surface area contributed by atoms with Gasteiger partial charge in [0.25, 0.3) is 0 Å². The molecule has 0 amide bonds. The molecule has 0 aromatic carbocycles. The summed E-state index contributed by atoms with van der Waals surface area (Å²) in [6, 6.07) is 0. The van der Waals surface area contributed by atoms with Crippen LogP contribution in [0.15, 0.2) is 0 Å². The highest BCUT2D eigenvalue weighted by atomic mass is 16.3. The summed E-state index contributed by atoms with van der Waals surface area (Å²) >= 11 is 0. The highest BCUT2D eigenvalue weighted by Gasteiger charge is 2.14. The minimum atomic E-state index is 0.00632. The van der Waals surface area contributed by atoms with Gasteiger partial charge in [0.15, 0.2) is 0 Å². The van der Waals surface area contributed by atoms with Crippen LogP contribution in [0.2, 0.25) is 0 Å². The van der Waals surface area contributed by atoms with Crippen molar-refractivity contribution in [2.45, 2.75) is 26.7 Å². The van der Waals surface area contributed by atoms with Gasteiger partial charge in [-0.2, -0.15) is 0 Å². The first-order valence-corrected chi connectivity index (χ1v) is 3.17. The van der Waals surface area contributed by atoms with E-state index in [1.165, 1.54) is 0 Å². The maximum absolute atomic E-state index is 8.75. The lowest BCUT2D eigenvalue weighted by Gasteiger charge is -2.19. The lowest BCUT2D eigenvalue weighted by molar-refractivity contribution is 0.152. The highest BCUT2D eigenvalue weighted by Crippen LogP contribution is 2.19. The van der Waals surface area contributed by atoms with Crippen molar-refractivity contribution in [3.8, 4) is 12.3 Å². The van der Waals surface area contributed by atoms with E-state index < -0.39 is 0 Å². The van der Waals surface area contributed by atoms with Gasteiger partial charge in [-0.25, -0.2) is 0 Å². The fourth-order valence-corrected chi connectivity index (χ4v) is 0.490. The molecule has 0 aliphatic carbocycles. The van der Waals surface area contributed by atoms with Gasteiger partial charge in [0.2, 0.25) is 0 Å². The van der Waals surface area contributed by atoms with E-state index in [9.17, 15) is 0 Å². The fraction of sp³-hybridized carbons (Fsp3) is 0.750. The van der Waals surface area contributed by atoms with E-state index in [0.717, 1.165) is 12.8 Å². The van der Waals surface area contributed by atoms with Crippen molar-refractivity contribution < 1.29 is 5.11 Å². The molecule has 0 fully saturated rings. The molecule has 0 aliphatic rings. The molecule has 0 saturated carbocycles. The van der Waals surface area contributed by atoms with E-state index in [4.69, 9.17) is 11.5 Å². The zero-order chi connectivity index (χ0) is 7.33. The molecule has 1 nitrogen and oxygen atoms in total. The smallest absolute Gasteiger partial charge is 0.0482 e. The van der Waals surface area contributed by atoms with Gasteiger partial charge in [-0.05, 0) is 11.8 Å². The molecule has 0 aliphatic heterocycles. The first-order chi connectivity index (χ1) is 4.12. The Bertz CT molecular complexity index is 108. The molecule has 0 saturated heterocycles. The maximum Gasteiger partial charge on any atom is 0.0482 e. The number of aliphatic hydroxyl groups is 1. The zero-order valence-corrected chi connectivity index (χ0v) is 6.15. The zero-order valence-electron chi connectivity index (χ0n) is 6.15. The van der Waals surface area contributed by atoms with Crippen LogP contribution in [0.3, 0.4) is 0 Å². The Kier molecular flexibility index (Phi) is 3.34. The van der Waals surface area contributed by atoms with Crippen LogP contribution in [0.4, 0.5) is 0 Å². The summed E-state index contributed by atoms with van der Waals surface area (Å²) in [5, 5.41) is 8.75. The number of terminal acetylenes is 1. The molecule has 0 bridgehead atoms. The molecule has 0 aromatic heterocycles. The van der Waals surface area contributed by atoms with Gasteiger partial charge in [-0.15, -0.1) is 12.3 Å². The summed E-state index contributed by atoms with van der Waals surface area (Å²) in [5.41, 5.74) is 0.00632. The van der Waals surface area contributed by atoms with Gasteiger partial charge >= 0.3 is 0 Å². The van der Waals surface area contributed by atoms with Gasteiger partial charge in [0.05, 0.1) is 0 Å². The molecule has 1 heteroatoms. The molecule has 1 N–H and O–H groups in total. The SMILES string of the molecule is C#CCCC(C)(C)CO. The summed E-state index contributed by atoms with van der Waals surface area (Å²) < 4.78 is 0. The van der Waals surface area contributed by atoms with Crippen molar-refractivity contribution in [1.29, 1.82) is 0 Å². The van der Waals surface area contributed by atoms with Crippen molar-refractivity contribution in [1.82, 2.24) is 0 Å². The Morgan fingerprint density at radius 1 is 1.56 bits per heavy atom. The number of rotatable bonds is 3. The standard InChI is InChI=1S/C8H14O/c1-4-5-6-8(2,3)7-9/h1,9H,5-7H2,2-3H3.